The van der Waals surface area contributed by atoms with E-state index in [2.05, 4.69) is 46.0 Å². The first-order valence-corrected chi connectivity index (χ1v) is 6.55. The molecule has 2 N–H and O–H groups in total. The molecule has 0 saturated heterocycles. The van der Waals surface area contributed by atoms with Gasteiger partial charge in [0, 0.05) is 12.5 Å². The molecule has 1 unspecified atom stereocenters. The van der Waals surface area contributed by atoms with Crippen LogP contribution in [0.4, 0.5) is 0 Å². The van der Waals surface area contributed by atoms with Gasteiger partial charge in [0.1, 0.15) is 11.6 Å². The Morgan fingerprint density at radius 2 is 2.17 bits per heavy atom. The van der Waals surface area contributed by atoms with Crippen molar-refractivity contribution in [2.75, 3.05) is 0 Å². The maximum absolute atomic E-state index is 5.73. The Morgan fingerprint density at radius 1 is 1.33 bits per heavy atom. The van der Waals surface area contributed by atoms with E-state index in [1.54, 1.807) is 0 Å². The van der Waals surface area contributed by atoms with Crippen LogP contribution >= 0.6 is 0 Å². The van der Waals surface area contributed by atoms with Gasteiger partial charge in [0.15, 0.2) is 0 Å². The minimum atomic E-state index is 0.403. The van der Waals surface area contributed by atoms with Crippen molar-refractivity contribution in [2.45, 2.75) is 38.8 Å². The highest BCUT2D eigenvalue weighted by molar-refractivity contribution is 5.44. The van der Waals surface area contributed by atoms with Crippen molar-refractivity contribution in [1.82, 2.24) is 14.8 Å². The van der Waals surface area contributed by atoms with Gasteiger partial charge < -0.3 is 10.3 Å². The molecule has 0 saturated carbocycles. The summed E-state index contributed by atoms with van der Waals surface area (Å²) in [5.74, 6) is 2.38. The third kappa shape index (κ3) is 1.64. The van der Waals surface area contributed by atoms with Crippen molar-refractivity contribution >= 4 is 0 Å². The third-order valence-corrected chi connectivity index (χ3v) is 3.65. The molecule has 4 heteroatoms. The van der Waals surface area contributed by atoms with Gasteiger partial charge in [-0.2, -0.15) is 0 Å². The van der Waals surface area contributed by atoms with Gasteiger partial charge in [-0.25, -0.2) is 0 Å². The highest BCUT2D eigenvalue weighted by Crippen LogP contribution is 2.39. The zero-order chi connectivity index (χ0) is 12.5. The summed E-state index contributed by atoms with van der Waals surface area (Å²) in [5, 5.41) is 8.58. The van der Waals surface area contributed by atoms with E-state index in [-0.39, 0.29) is 0 Å². The maximum Gasteiger partial charge on any atom is 0.146 e. The second kappa shape index (κ2) is 4.53. The summed E-state index contributed by atoms with van der Waals surface area (Å²) in [5.41, 5.74) is 8.55. The summed E-state index contributed by atoms with van der Waals surface area (Å²) in [4.78, 5) is 0. The van der Waals surface area contributed by atoms with E-state index >= 15 is 0 Å². The molecule has 0 aliphatic heterocycles. The Morgan fingerprint density at radius 3 is 2.89 bits per heavy atom. The van der Waals surface area contributed by atoms with Crippen LogP contribution < -0.4 is 5.73 Å². The molecular formula is C14H18N4. The fourth-order valence-corrected chi connectivity index (χ4v) is 2.71. The van der Waals surface area contributed by atoms with Gasteiger partial charge in [0.2, 0.25) is 0 Å². The van der Waals surface area contributed by atoms with Gasteiger partial charge >= 0.3 is 0 Å². The van der Waals surface area contributed by atoms with Gasteiger partial charge in [-0.3, -0.25) is 0 Å². The van der Waals surface area contributed by atoms with Crippen molar-refractivity contribution < 1.29 is 0 Å². The molecule has 0 radical (unpaired) electrons. The predicted octanol–water partition coefficient (Wildman–Crippen LogP) is 1.83. The van der Waals surface area contributed by atoms with E-state index in [0.29, 0.717) is 12.5 Å². The lowest BCUT2D eigenvalue weighted by atomic mass is 9.77. The van der Waals surface area contributed by atoms with Gasteiger partial charge in [0.05, 0.1) is 6.54 Å². The summed E-state index contributed by atoms with van der Waals surface area (Å²) in [6.07, 6.45) is 2.15. The summed E-state index contributed by atoms with van der Waals surface area (Å²) in [6.45, 7) is 3.58. The lowest BCUT2D eigenvalue weighted by Gasteiger charge is -2.29. The molecule has 1 aromatic heterocycles. The average Bonchev–Trinajstić information content (AvgIpc) is 2.75. The third-order valence-electron chi connectivity index (χ3n) is 3.65. The van der Waals surface area contributed by atoms with Gasteiger partial charge in [-0.15, -0.1) is 10.2 Å². The SMILES string of the molecule is CCCn1c(CN)nnc1C1Cc2ccccc21. The molecule has 94 valence electrons. The molecule has 0 spiro atoms. The molecule has 1 heterocycles. The molecule has 4 nitrogen and oxygen atoms in total. The van der Waals surface area contributed by atoms with Gasteiger partial charge in [-0.05, 0) is 24.0 Å². The Hall–Kier alpha value is -1.68. The zero-order valence-corrected chi connectivity index (χ0v) is 10.6. The Labute approximate surface area is 107 Å². The molecule has 1 aliphatic rings. The van der Waals surface area contributed by atoms with E-state index < -0.39 is 0 Å². The summed E-state index contributed by atoms with van der Waals surface area (Å²) in [7, 11) is 0. The minimum Gasteiger partial charge on any atom is -0.324 e. The molecule has 1 aromatic carbocycles. The Kier molecular flexibility index (Phi) is 2.88. The first-order chi connectivity index (χ1) is 8.85. The van der Waals surface area contributed by atoms with E-state index in [9.17, 15) is 0 Å². The monoisotopic (exact) mass is 242 g/mol. The van der Waals surface area contributed by atoms with Crippen LogP contribution in [0.15, 0.2) is 24.3 Å². The van der Waals surface area contributed by atoms with E-state index in [4.69, 9.17) is 5.73 Å². The molecule has 0 bridgehead atoms. The number of aromatic nitrogens is 3. The zero-order valence-electron chi connectivity index (χ0n) is 10.6. The molecule has 1 atom stereocenters. The summed E-state index contributed by atoms with van der Waals surface area (Å²) < 4.78 is 2.20. The number of rotatable bonds is 4. The Balaban J connectivity index is 1.97. The van der Waals surface area contributed by atoms with E-state index in [0.717, 1.165) is 31.0 Å². The van der Waals surface area contributed by atoms with Crippen molar-refractivity contribution in [3.8, 4) is 0 Å². The number of hydrogen-bond donors (Lipinski definition) is 1. The number of benzene rings is 1. The highest BCUT2D eigenvalue weighted by atomic mass is 15.3. The minimum absolute atomic E-state index is 0.403. The summed E-state index contributed by atoms with van der Waals surface area (Å²) >= 11 is 0. The van der Waals surface area contributed by atoms with Crippen LogP contribution in [0.1, 0.15) is 42.0 Å². The fourth-order valence-electron chi connectivity index (χ4n) is 2.71. The first-order valence-electron chi connectivity index (χ1n) is 6.55. The standard InChI is InChI=1S/C14H18N4/c1-2-7-18-13(9-15)16-17-14(18)12-8-10-5-3-4-6-11(10)12/h3-6,12H,2,7-9,15H2,1H3. The lowest BCUT2D eigenvalue weighted by Crippen LogP contribution is -2.23. The lowest BCUT2D eigenvalue weighted by molar-refractivity contribution is 0.559. The van der Waals surface area contributed by atoms with E-state index in [1.165, 1.54) is 11.1 Å². The average molecular weight is 242 g/mol. The second-order valence-electron chi connectivity index (χ2n) is 4.79. The van der Waals surface area contributed by atoms with Crippen LogP contribution in [-0.2, 0) is 19.5 Å². The van der Waals surface area contributed by atoms with Crippen molar-refractivity contribution in [1.29, 1.82) is 0 Å². The number of nitrogens with zero attached hydrogens (tertiary/aromatic N) is 3. The van der Waals surface area contributed by atoms with Crippen LogP contribution in [0.25, 0.3) is 0 Å². The molecule has 0 fully saturated rings. The predicted molar refractivity (Wildman–Crippen MR) is 70.2 cm³/mol. The number of hydrogen-bond acceptors (Lipinski definition) is 3. The van der Waals surface area contributed by atoms with Crippen molar-refractivity contribution in [3.63, 3.8) is 0 Å². The van der Waals surface area contributed by atoms with Gasteiger partial charge in [-0.1, -0.05) is 31.2 Å². The van der Waals surface area contributed by atoms with Crippen LogP contribution in [0.2, 0.25) is 0 Å². The molecule has 3 rings (SSSR count). The smallest absolute Gasteiger partial charge is 0.146 e. The topological polar surface area (TPSA) is 56.7 Å². The summed E-state index contributed by atoms with van der Waals surface area (Å²) in [6, 6.07) is 8.57. The molecular weight excluding hydrogens is 224 g/mol. The largest absolute Gasteiger partial charge is 0.324 e. The molecule has 1 aliphatic carbocycles. The van der Waals surface area contributed by atoms with Crippen molar-refractivity contribution in [3.05, 3.63) is 47.0 Å². The van der Waals surface area contributed by atoms with E-state index in [1.807, 2.05) is 0 Å². The quantitative estimate of drug-likeness (QED) is 0.890. The molecule has 2 aromatic rings. The van der Waals surface area contributed by atoms with Crippen LogP contribution in [-0.4, -0.2) is 14.8 Å². The number of nitrogens with two attached hydrogens (primary N) is 1. The second-order valence-corrected chi connectivity index (χ2v) is 4.79. The van der Waals surface area contributed by atoms with Crippen LogP contribution in [0.5, 0.6) is 0 Å². The van der Waals surface area contributed by atoms with Crippen LogP contribution in [0, 0.1) is 0 Å². The number of fused-ring (bicyclic) bond motifs is 1. The van der Waals surface area contributed by atoms with Crippen molar-refractivity contribution in [2.24, 2.45) is 5.73 Å². The maximum atomic E-state index is 5.73. The fraction of sp³-hybridized carbons (Fsp3) is 0.429. The molecule has 18 heavy (non-hydrogen) atoms. The normalized spacial score (nSPS) is 17.3. The first kappa shape index (κ1) is 11.4. The van der Waals surface area contributed by atoms with Gasteiger partial charge in [0.25, 0.3) is 0 Å². The van der Waals surface area contributed by atoms with Crippen LogP contribution in [0.3, 0.4) is 0 Å². The molecule has 0 amide bonds. The highest BCUT2D eigenvalue weighted by Gasteiger charge is 2.31. The Bertz CT molecular complexity index is 559.